The fourth-order valence-electron chi connectivity index (χ4n) is 3.37. The van der Waals surface area contributed by atoms with E-state index in [1.165, 1.54) is 19.3 Å². The molecule has 0 amide bonds. The van der Waals surface area contributed by atoms with Crippen molar-refractivity contribution in [2.45, 2.75) is 25.8 Å². The molecule has 1 aliphatic rings. The van der Waals surface area contributed by atoms with Crippen molar-refractivity contribution < 1.29 is 4.42 Å². The highest BCUT2D eigenvalue weighted by molar-refractivity contribution is 5.90. The highest BCUT2D eigenvalue weighted by Crippen LogP contribution is 2.23. The minimum atomic E-state index is 0. The number of likely N-dealkylation sites (tertiary alicyclic amines) is 1. The number of rotatable bonds is 2. The average Bonchev–Trinajstić information content (AvgIpc) is 2.57. The van der Waals surface area contributed by atoms with Gasteiger partial charge in [0, 0.05) is 12.1 Å². The first kappa shape index (κ1) is 16.0. The van der Waals surface area contributed by atoms with Gasteiger partial charge < -0.3 is 4.42 Å². The van der Waals surface area contributed by atoms with Gasteiger partial charge >= 0.3 is 0 Å². The lowest BCUT2D eigenvalue weighted by Crippen LogP contribution is -2.29. The second kappa shape index (κ2) is 6.73. The van der Waals surface area contributed by atoms with Gasteiger partial charge in [0.1, 0.15) is 11.2 Å². The van der Waals surface area contributed by atoms with Crippen LogP contribution in [-0.2, 0) is 6.54 Å². The van der Waals surface area contributed by atoms with E-state index < -0.39 is 0 Å². The smallest absolute Gasteiger partial charge is 0.200 e. The van der Waals surface area contributed by atoms with Crippen LogP contribution in [0.2, 0.25) is 0 Å². The van der Waals surface area contributed by atoms with Gasteiger partial charge in [-0.3, -0.25) is 9.69 Å². The second-order valence-electron chi connectivity index (χ2n) is 6.06. The Labute approximate surface area is 141 Å². The van der Waals surface area contributed by atoms with Crippen LogP contribution in [0.25, 0.3) is 21.9 Å². The SMILES string of the molecule is Cl.O=c1c2ccccc2oc2c(CN3CCCCC3)cccc12. The lowest BCUT2D eigenvalue weighted by atomic mass is 10.1. The Morgan fingerprint density at radius 1 is 0.913 bits per heavy atom. The minimum Gasteiger partial charge on any atom is -0.455 e. The molecule has 3 aromatic rings. The predicted octanol–water partition coefficient (Wildman–Crippen LogP) is 4.35. The summed E-state index contributed by atoms with van der Waals surface area (Å²) in [5.74, 6) is 0. The van der Waals surface area contributed by atoms with Crippen LogP contribution in [0.15, 0.2) is 51.7 Å². The average molecular weight is 330 g/mol. The molecule has 0 aliphatic carbocycles. The van der Waals surface area contributed by atoms with Crippen molar-refractivity contribution >= 4 is 34.3 Å². The van der Waals surface area contributed by atoms with Gasteiger partial charge in [-0.05, 0) is 44.1 Å². The molecule has 2 heterocycles. The maximum absolute atomic E-state index is 12.7. The summed E-state index contributed by atoms with van der Waals surface area (Å²) in [4.78, 5) is 15.1. The molecule has 0 spiro atoms. The molecule has 120 valence electrons. The second-order valence-corrected chi connectivity index (χ2v) is 6.06. The summed E-state index contributed by atoms with van der Waals surface area (Å²) >= 11 is 0. The van der Waals surface area contributed by atoms with Gasteiger partial charge in [-0.1, -0.05) is 30.7 Å². The van der Waals surface area contributed by atoms with Crippen LogP contribution < -0.4 is 5.43 Å². The molecule has 3 nitrogen and oxygen atoms in total. The maximum Gasteiger partial charge on any atom is 0.200 e. The largest absolute Gasteiger partial charge is 0.455 e. The molecule has 4 heteroatoms. The Kier molecular flexibility index (Phi) is 4.69. The van der Waals surface area contributed by atoms with E-state index in [9.17, 15) is 4.79 Å². The molecule has 0 bridgehead atoms. The Hall–Kier alpha value is -1.84. The zero-order chi connectivity index (χ0) is 14.9. The van der Waals surface area contributed by atoms with Gasteiger partial charge in [-0.2, -0.15) is 0 Å². The van der Waals surface area contributed by atoms with E-state index in [-0.39, 0.29) is 17.8 Å². The van der Waals surface area contributed by atoms with Crippen LogP contribution >= 0.6 is 12.4 Å². The molecular formula is C19H20ClNO2. The summed E-state index contributed by atoms with van der Waals surface area (Å²) in [6.45, 7) is 3.13. The van der Waals surface area contributed by atoms with Gasteiger partial charge in [-0.15, -0.1) is 12.4 Å². The maximum atomic E-state index is 12.7. The number of halogens is 1. The molecular weight excluding hydrogens is 310 g/mol. The third-order valence-corrected chi connectivity index (χ3v) is 4.53. The van der Waals surface area contributed by atoms with Crippen molar-refractivity contribution in [1.29, 1.82) is 0 Å². The first-order valence-electron chi connectivity index (χ1n) is 7.99. The Balaban J connectivity index is 0.00000156. The van der Waals surface area contributed by atoms with Crippen LogP contribution in [0, 0.1) is 0 Å². The lowest BCUT2D eigenvalue weighted by molar-refractivity contribution is 0.221. The topological polar surface area (TPSA) is 33.5 Å². The van der Waals surface area contributed by atoms with E-state index >= 15 is 0 Å². The van der Waals surface area contributed by atoms with E-state index in [0.717, 1.165) is 30.8 Å². The lowest BCUT2D eigenvalue weighted by Gasteiger charge is -2.26. The summed E-state index contributed by atoms with van der Waals surface area (Å²) in [6.07, 6.45) is 3.85. The molecule has 1 saturated heterocycles. The fourth-order valence-corrected chi connectivity index (χ4v) is 3.37. The summed E-state index contributed by atoms with van der Waals surface area (Å²) in [6, 6.07) is 13.4. The van der Waals surface area contributed by atoms with Crippen molar-refractivity contribution in [3.63, 3.8) is 0 Å². The molecule has 0 radical (unpaired) electrons. The fraction of sp³-hybridized carbons (Fsp3) is 0.316. The van der Waals surface area contributed by atoms with E-state index in [1.54, 1.807) is 0 Å². The summed E-state index contributed by atoms with van der Waals surface area (Å²) in [5, 5.41) is 1.35. The summed E-state index contributed by atoms with van der Waals surface area (Å²) < 4.78 is 6.07. The van der Waals surface area contributed by atoms with E-state index in [1.807, 2.05) is 36.4 Å². The minimum absolute atomic E-state index is 0. The van der Waals surface area contributed by atoms with Crippen LogP contribution in [-0.4, -0.2) is 18.0 Å². The van der Waals surface area contributed by atoms with Gasteiger partial charge in [0.2, 0.25) is 5.43 Å². The number of piperidine rings is 1. The third-order valence-electron chi connectivity index (χ3n) is 4.53. The quantitative estimate of drug-likeness (QED) is 0.655. The van der Waals surface area contributed by atoms with Crippen molar-refractivity contribution in [2.75, 3.05) is 13.1 Å². The monoisotopic (exact) mass is 329 g/mol. The van der Waals surface area contributed by atoms with Crippen molar-refractivity contribution in [3.8, 4) is 0 Å². The first-order valence-corrected chi connectivity index (χ1v) is 7.99. The normalized spacial score (nSPS) is 15.7. The van der Waals surface area contributed by atoms with Gasteiger partial charge in [0.05, 0.1) is 10.8 Å². The molecule has 1 aromatic heterocycles. The summed E-state index contributed by atoms with van der Waals surface area (Å²) in [5.41, 5.74) is 2.60. The third kappa shape index (κ3) is 2.99. The summed E-state index contributed by atoms with van der Waals surface area (Å²) in [7, 11) is 0. The molecule has 0 atom stereocenters. The molecule has 0 N–H and O–H groups in total. The predicted molar refractivity (Wildman–Crippen MR) is 96.4 cm³/mol. The van der Waals surface area contributed by atoms with Gasteiger partial charge in [-0.25, -0.2) is 0 Å². The van der Waals surface area contributed by atoms with Gasteiger partial charge in [0.15, 0.2) is 0 Å². The molecule has 1 fully saturated rings. The van der Waals surface area contributed by atoms with Crippen molar-refractivity contribution in [2.24, 2.45) is 0 Å². The van der Waals surface area contributed by atoms with E-state index in [2.05, 4.69) is 11.0 Å². The molecule has 0 saturated carbocycles. The standard InChI is InChI=1S/C19H19NO2.ClH/c21-18-15-8-2-3-10-17(15)22-19-14(7-6-9-16(18)19)13-20-11-4-1-5-12-20;/h2-3,6-10H,1,4-5,11-13H2;1H. The molecule has 4 rings (SSSR count). The van der Waals surface area contributed by atoms with E-state index in [0.29, 0.717) is 16.4 Å². The number of nitrogens with zero attached hydrogens (tertiary/aromatic N) is 1. The van der Waals surface area contributed by atoms with Crippen LogP contribution in [0.3, 0.4) is 0 Å². The number of hydrogen-bond donors (Lipinski definition) is 0. The Morgan fingerprint density at radius 2 is 1.65 bits per heavy atom. The Morgan fingerprint density at radius 3 is 2.48 bits per heavy atom. The highest BCUT2D eigenvalue weighted by atomic mass is 35.5. The molecule has 1 aliphatic heterocycles. The Bertz CT molecular complexity index is 881. The van der Waals surface area contributed by atoms with Gasteiger partial charge in [0.25, 0.3) is 0 Å². The molecule has 0 unspecified atom stereocenters. The highest BCUT2D eigenvalue weighted by Gasteiger charge is 2.15. The van der Waals surface area contributed by atoms with Crippen LogP contribution in [0.5, 0.6) is 0 Å². The zero-order valence-electron chi connectivity index (χ0n) is 13.0. The number of benzene rings is 2. The number of hydrogen-bond acceptors (Lipinski definition) is 3. The number of fused-ring (bicyclic) bond motifs is 2. The molecule has 23 heavy (non-hydrogen) atoms. The van der Waals surface area contributed by atoms with Crippen molar-refractivity contribution in [3.05, 3.63) is 58.3 Å². The molecule has 2 aromatic carbocycles. The first-order chi connectivity index (χ1) is 10.8. The van der Waals surface area contributed by atoms with Crippen LogP contribution in [0.4, 0.5) is 0 Å². The van der Waals surface area contributed by atoms with E-state index in [4.69, 9.17) is 4.42 Å². The number of para-hydroxylation sites is 2. The zero-order valence-corrected chi connectivity index (χ0v) is 13.8. The van der Waals surface area contributed by atoms with Crippen molar-refractivity contribution in [1.82, 2.24) is 4.90 Å². The van der Waals surface area contributed by atoms with Crippen LogP contribution in [0.1, 0.15) is 24.8 Å².